The average molecular weight is 363 g/mol. The summed E-state index contributed by atoms with van der Waals surface area (Å²) in [6.07, 6.45) is 1.74. The van der Waals surface area contributed by atoms with Crippen LogP contribution < -0.4 is 14.8 Å². The number of halogens is 1. The van der Waals surface area contributed by atoms with E-state index in [4.69, 9.17) is 9.47 Å². The van der Waals surface area contributed by atoms with Crippen molar-refractivity contribution < 1.29 is 13.9 Å². The Morgan fingerprint density at radius 2 is 1.81 bits per heavy atom. The highest BCUT2D eigenvalue weighted by molar-refractivity contribution is 5.79. The fourth-order valence-corrected chi connectivity index (χ4v) is 3.48. The zero-order valence-electron chi connectivity index (χ0n) is 15.3. The number of fused-ring (bicyclic) bond motifs is 1. The van der Waals surface area contributed by atoms with Crippen LogP contribution in [0.2, 0.25) is 0 Å². The lowest BCUT2D eigenvalue weighted by Gasteiger charge is -2.16. The smallest absolute Gasteiger partial charge is 0.130 e. The van der Waals surface area contributed by atoms with Crippen molar-refractivity contribution in [2.24, 2.45) is 0 Å². The molecule has 3 aromatic carbocycles. The topological polar surface area (TPSA) is 30.5 Å². The zero-order chi connectivity index (χ0) is 18.6. The van der Waals surface area contributed by atoms with E-state index in [1.807, 2.05) is 18.2 Å². The lowest BCUT2D eigenvalue weighted by molar-refractivity contribution is 0.320. The van der Waals surface area contributed by atoms with E-state index in [0.717, 1.165) is 41.2 Å². The van der Waals surface area contributed by atoms with Gasteiger partial charge in [-0.3, -0.25) is 0 Å². The van der Waals surface area contributed by atoms with Crippen LogP contribution in [0.3, 0.4) is 0 Å². The molecule has 0 bridgehead atoms. The molecule has 27 heavy (non-hydrogen) atoms. The van der Waals surface area contributed by atoms with Crippen LogP contribution in [0, 0.1) is 5.82 Å². The Balaban J connectivity index is 1.58. The highest BCUT2D eigenvalue weighted by Crippen LogP contribution is 2.40. The molecular formula is C23H22FNO2. The van der Waals surface area contributed by atoms with Crippen LogP contribution >= 0.6 is 0 Å². The van der Waals surface area contributed by atoms with Crippen LogP contribution in [0.1, 0.15) is 11.1 Å². The van der Waals surface area contributed by atoms with Crippen molar-refractivity contribution in [3.8, 4) is 22.6 Å². The zero-order valence-corrected chi connectivity index (χ0v) is 15.3. The number of rotatable bonds is 6. The Morgan fingerprint density at radius 1 is 1.00 bits per heavy atom. The molecule has 0 saturated carbocycles. The summed E-state index contributed by atoms with van der Waals surface area (Å²) in [5.74, 6) is 1.36. The normalized spacial score (nSPS) is 12.4. The van der Waals surface area contributed by atoms with Crippen LogP contribution in [0.5, 0.6) is 11.5 Å². The van der Waals surface area contributed by atoms with Gasteiger partial charge in [0, 0.05) is 18.7 Å². The molecule has 138 valence electrons. The number of ether oxygens (including phenoxy) is 2. The van der Waals surface area contributed by atoms with Gasteiger partial charge in [-0.05, 0) is 59.5 Å². The summed E-state index contributed by atoms with van der Waals surface area (Å²) < 4.78 is 24.7. The van der Waals surface area contributed by atoms with Gasteiger partial charge in [0.05, 0.1) is 19.3 Å². The summed E-state index contributed by atoms with van der Waals surface area (Å²) in [6, 6.07) is 18.8. The van der Waals surface area contributed by atoms with Crippen LogP contribution in [0.15, 0.2) is 60.7 Å². The van der Waals surface area contributed by atoms with Gasteiger partial charge in [0.1, 0.15) is 17.3 Å². The molecule has 0 spiro atoms. The molecule has 4 heteroatoms. The van der Waals surface area contributed by atoms with Crippen molar-refractivity contribution in [2.75, 3.05) is 25.6 Å². The number of hydrogen-bond donors (Lipinski definition) is 1. The van der Waals surface area contributed by atoms with Crippen molar-refractivity contribution in [3.63, 3.8) is 0 Å². The molecule has 0 saturated heterocycles. The Kier molecular flexibility index (Phi) is 4.97. The maximum atomic E-state index is 13.0. The highest BCUT2D eigenvalue weighted by atomic mass is 19.1. The van der Waals surface area contributed by atoms with Gasteiger partial charge in [-0.1, -0.05) is 24.3 Å². The van der Waals surface area contributed by atoms with E-state index in [9.17, 15) is 4.39 Å². The molecule has 0 fully saturated rings. The number of methoxy groups -OCH3 is 1. The molecule has 3 aromatic rings. The summed E-state index contributed by atoms with van der Waals surface area (Å²) in [6.45, 7) is 1.49. The van der Waals surface area contributed by atoms with Crippen LogP contribution in [-0.2, 0) is 12.8 Å². The maximum absolute atomic E-state index is 13.0. The predicted octanol–water partition coefficient (Wildman–Crippen LogP) is 5.09. The summed E-state index contributed by atoms with van der Waals surface area (Å²) >= 11 is 0. The fourth-order valence-electron chi connectivity index (χ4n) is 3.48. The van der Waals surface area contributed by atoms with E-state index < -0.39 is 0 Å². The number of benzene rings is 3. The SMILES string of the molecule is COc1cccc(OCCc2ccc(F)cc2)c1-c1ccc2c(c1)CCN2. The second kappa shape index (κ2) is 7.70. The maximum Gasteiger partial charge on any atom is 0.130 e. The van der Waals surface area contributed by atoms with Gasteiger partial charge >= 0.3 is 0 Å². The average Bonchev–Trinajstić information content (AvgIpc) is 3.17. The fraction of sp³-hybridized carbons (Fsp3) is 0.217. The van der Waals surface area contributed by atoms with Gasteiger partial charge in [0.15, 0.2) is 0 Å². The summed E-state index contributed by atoms with van der Waals surface area (Å²) in [4.78, 5) is 0. The molecule has 4 rings (SSSR count). The molecule has 1 aliphatic heterocycles. The first-order valence-corrected chi connectivity index (χ1v) is 9.16. The van der Waals surface area contributed by atoms with Gasteiger partial charge in [0.2, 0.25) is 0 Å². The molecule has 0 radical (unpaired) electrons. The standard InChI is InChI=1S/C23H22FNO2/c1-26-21-3-2-4-22(27-14-12-16-5-8-19(24)9-6-16)23(21)18-7-10-20-17(15-18)11-13-25-20/h2-10,15,25H,11-14H2,1H3. The van der Waals surface area contributed by atoms with Crippen molar-refractivity contribution in [3.05, 3.63) is 77.6 Å². The van der Waals surface area contributed by atoms with Gasteiger partial charge in [-0.25, -0.2) is 4.39 Å². The van der Waals surface area contributed by atoms with Crippen molar-refractivity contribution in [1.29, 1.82) is 0 Å². The Hall–Kier alpha value is -3.01. The molecule has 0 amide bonds. The van der Waals surface area contributed by atoms with Gasteiger partial charge < -0.3 is 14.8 Å². The summed E-state index contributed by atoms with van der Waals surface area (Å²) in [5.41, 5.74) is 5.62. The van der Waals surface area contributed by atoms with Crippen LogP contribution in [-0.4, -0.2) is 20.3 Å². The third-order valence-electron chi connectivity index (χ3n) is 4.87. The van der Waals surface area contributed by atoms with Gasteiger partial charge in [0.25, 0.3) is 0 Å². The van der Waals surface area contributed by atoms with E-state index in [1.54, 1.807) is 19.2 Å². The van der Waals surface area contributed by atoms with E-state index in [1.165, 1.54) is 23.4 Å². The molecule has 1 aliphatic rings. The minimum atomic E-state index is -0.221. The largest absolute Gasteiger partial charge is 0.496 e. The number of hydrogen-bond acceptors (Lipinski definition) is 3. The molecular weight excluding hydrogens is 341 g/mol. The Bertz CT molecular complexity index is 938. The Labute approximate surface area is 158 Å². The molecule has 1 heterocycles. The minimum Gasteiger partial charge on any atom is -0.496 e. The molecule has 0 aromatic heterocycles. The first-order valence-electron chi connectivity index (χ1n) is 9.16. The first-order chi connectivity index (χ1) is 13.2. The number of anilines is 1. The monoisotopic (exact) mass is 363 g/mol. The first kappa shape index (κ1) is 17.4. The predicted molar refractivity (Wildman–Crippen MR) is 106 cm³/mol. The molecule has 1 N–H and O–H groups in total. The van der Waals surface area contributed by atoms with Crippen molar-refractivity contribution in [2.45, 2.75) is 12.8 Å². The van der Waals surface area contributed by atoms with Gasteiger partial charge in [-0.15, -0.1) is 0 Å². The van der Waals surface area contributed by atoms with Crippen LogP contribution in [0.25, 0.3) is 11.1 Å². The molecule has 0 aliphatic carbocycles. The van der Waals surface area contributed by atoms with Crippen LogP contribution in [0.4, 0.5) is 10.1 Å². The lowest BCUT2D eigenvalue weighted by atomic mass is 10.00. The highest BCUT2D eigenvalue weighted by Gasteiger charge is 2.16. The second-order valence-corrected chi connectivity index (χ2v) is 6.61. The molecule has 0 unspecified atom stereocenters. The van der Waals surface area contributed by atoms with E-state index in [-0.39, 0.29) is 5.82 Å². The van der Waals surface area contributed by atoms with Gasteiger partial charge in [-0.2, -0.15) is 0 Å². The number of nitrogens with one attached hydrogen (secondary N) is 1. The summed E-state index contributed by atoms with van der Waals surface area (Å²) in [7, 11) is 1.68. The van der Waals surface area contributed by atoms with E-state index in [2.05, 4.69) is 23.5 Å². The second-order valence-electron chi connectivity index (χ2n) is 6.61. The van der Waals surface area contributed by atoms with E-state index >= 15 is 0 Å². The Morgan fingerprint density at radius 3 is 2.63 bits per heavy atom. The minimum absolute atomic E-state index is 0.221. The third kappa shape index (κ3) is 3.75. The third-order valence-corrected chi connectivity index (χ3v) is 4.87. The molecule has 0 atom stereocenters. The quantitative estimate of drug-likeness (QED) is 0.662. The lowest BCUT2D eigenvalue weighted by Crippen LogP contribution is -2.03. The van der Waals surface area contributed by atoms with E-state index in [0.29, 0.717) is 13.0 Å². The molecule has 3 nitrogen and oxygen atoms in total. The summed E-state index contributed by atoms with van der Waals surface area (Å²) in [5, 5.41) is 3.39. The van der Waals surface area contributed by atoms with Crippen molar-refractivity contribution in [1.82, 2.24) is 0 Å². The van der Waals surface area contributed by atoms with Crippen molar-refractivity contribution >= 4 is 5.69 Å².